The van der Waals surface area contributed by atoms with Crippen LogP contribution in [0.4, 0.5) is 5.69 Å². The summed E-state index contributed by atoms with van der Waals surface area (Å²) in [7, 11) is 0. The molecule has 2 rings (SSSR count). The van der Waals surface area contributed by atoms with E-state index in [1.165, 1.54) is 0 Å². The Morgan fingerprint density at radius 1 is 1.18 bits per heavy atom. The van der Waals surface area contributed by atoms with E-state index in [0.717, 1.165) is 5.56 Å². The fourth-order valence-electron chi connectivity index (χ4n) is 1.74. The zero-order valence-electron chi connectivity index (χ0n) is 11.9. The number of hydrogen-bond donors (Lipinski definition) is 2. The number of para-hydroxylation sites is 2. The molecule has 0 aliphatic heterocycles. The van der Waals surface area contributed by atoms with Crippen LogP contribution >= 0.6 is 23.8 Å². The van der Waals surface area contributed by atoms with Crippen molar-refractivity contribution in [3.8, 4) is 5.75 Å². The molecule has 2 N–H and O–H groups in total. The van der Waals surface area contributed by atoms with Gasteiger partial charge < -0.3 is 10.1 Å². The minimum absolute atomic E-state index is 0.116. The van der Waals surface area contributed by atoms with Gasteiger partial charge in [-0.25, -0.2) is 0 Å². The van der Waals surface area contributed by atoms with E-state index in [-0.39, 0.29) is 17.6 Å². The lowest BCUT2D eigenvalue weighted by atomic mass is 10.2. The SMILES string of the molecule is Cc1ccccc1OCC(=O)NC(=S)Nc1ccccc1Cl. The van der Waals surface area contributed by atoms with Gasteiger partial charge in [-0.3, -0.25) is 10.1 Å². The molecule has 0 bridgehead atoms. The summed E-state index contributed by atoms with van der Waals surface area (Å²) in [5.41, 5.74) is 1.60. The quantitative estimate of drug-likeness (QED) is 0.840. The number of hydrogen-bond acceptors (Lipinski definition) is 3. The van der Waals surface area contributed by atoms with Crippen LogP contribution in [0.25, 0.3) is 0 Å². The lowest BCUT2D eigenvalue weighted by Gasteiger charge is -2.12. The van der Waals surface area contributed by atoms with Gasteiger partial charge >= 0.3 is 0 Å². The Kier molecular flexibility index (Phi) is 5.75. The van der Waals surface area contributed by atoms with E-state index < -0.39 is 0 Å². The minimum atomic E-state index is -0.340. The number of amides is 1. The Hall–Kier alpha value is -2.11. The highest BCUT2D eigenvalue weighted by molar-refractivity contribution is 7.80. The van der Waals surface area contributed by atoms with Crippen LogP contribution in [-0.2, 0) is 4.79 Å². The van der Waals surface area contributed by atoms with Crippen LogP contribution < -0.4 is 15.4 Å². The molecule has 2 aromatic carbocycles. The Balaban J connectivity index is 1.83. The van der Waals surface area contributed by atoms with Crippen LogP contribution in [0.3, 0.4) is 0 Å². The second-order valence-electron chi connectivity index (χ2n) is 4.54. The number of ether oxygens (including phenoxy) is 1. The van der Waals surface area contributed by atoms with E-state index in [1.807, 2.05) is 43.3 Å². The number of carbonyl (C=O) groups excluding carboxylic acids is 1. The van der Waals surface area contributed by atoms with E-state index in [9.17, 15) is 4.79 Å². The normalized spacial score (nSPS) is 9.91. The first kappa shape index (κ1) is 16.3. The van der Waals surface area contributed by atoms with Crippen LogP contribution in [0.2, 0.25) is 5.02 Å². The molecule has 0 saturated heterocycles. The fourth-order valence-corrected chi connectivity index (χ4v) is 2.15. The minimum Gasteiger partial charge on any atom is -0.483 e. The van der Waals surface area contributed by atoms with Crippen molar-refractivity contribution >= 4 is 40.5 Å². The van der Waals surface area contributed by atoms with E-state index in [4.69, 9.17) is 28.6 Å². The maximum Gasteiger partial charge on any atom is 0.264 e. The molecule has 0 fully saturated rings. The first-order valence-electron chi connectivity index (χ1n) is 6.60. The van der Waals surface area contributed by atoms with Crippen LogP contribution in [0, 0.1) is 6.92 Å². The highest BCUT2D eigenvalue weighted by atomic mass is 35.5. The zero-order valence-corrected chi connectivity index (χ0v) is 13.5. The van der Waals surface area contributed by atoms with Crippen molar-refractivity contribution in [3.05, 3.63) is 59.1 Å². The third kappa shape index (κ3) is 4.72. The highest BCUT2D eigenvalue weighted by Gasteiger charge is 2.08. The molecule has 2 aromatic rings. The number of rotatable bonds is 4. The summed E-state index contributed by atoms with van der Waals surface area (Å²) in [5.74, 6) is 0.329. The molecule has 4 nitrogen and oxygen atoms in total. The van der Waals surface area contributed by atoms with E-state index >= 15 is 0 Å². The molecule has 0 aliphatic rings. The molecule has 0 saturated carbocycles. The molecule has 6 heteroatoms. The molecule has 0 heterocycles. The number of halogens is 1. The second-order valence-corrected chi connectivity index (χ2v) is 5.35. The topological polar surface area (TPSA) is 50.4 Å². The molecule has 0 radical (unpaired) electrons. The Morgan fingerprint density at radius 3 is 2.59 bits per heavy atom. The molecular formula is C16H15ClN2O2S. The largest absolute Gasteiger partial charge is 0.483 e. The molecule has 1 amide bonds. The Bertz CT molecular complexity index is 691. The van der Waals surface area contributed by atoms with E-state index in [1.54, 1.807) is 12.1 Å². The van der Waals surface area contributed by atoms with Gasteiger partial charge in [-0.05, 0) is 42.9 Å². The molecule has 0 aromatic heterocycles. The lowest BCUT2D eigenvalue weighted by Crippen LogP contribution is -2.37. The van der Waals surface area contributed by atoms with E-state index in [0.29, 0.717) is 16.5 Å². The summed E-state index contributed by atoms with van der Waals surface area (Å²) in [6.45, 7) is 1.80. The van der Waals surface area contributed by atoms with Gasteiger partial charge in [-0.2, -0.15) is 0 Å². The van der Waals surface area contributed by atoms with Crippen molar-refractivity contribution in [2.45, 2.75) is 6.92 Å². The molecule has 0 aliphatic carbocycles. The van der Waals surface area contributed by atoms with Gasteiger partial charge in [0.15, 0.2) is 11.7 Å². The highest BCUT2D eigenvalue weighted by Crippen LogP contribution is 2.20. The summed E-state index contributed by atoms with van der Waals surface area (Å²) >= 11 is 11.1. The predicted molar refractivity (Wildman–Crippen MR) is 92.5 cm³/mol. The summed E-state index contributed by atoms with van der Waals surface area (Å²) in [5, 5.41) is 6.10. The number of benzene rings is 2. The van der Waals surface area contributed by atoms with Gasteiger partial charge in [0.25, 0.3) is 5.91 Å². The predicted octanol–water partition coefficient (Wildman–Crippen LogP) is 3.54. The standard InChI is InChI=1S/C16H15ClN2O2S/c1-11-6-2-5-9-14(11)21-10-15(20)19-16(22)18-13-8-4-3-7-12(13)17/h2-9H,10H2,1H3,(H2,18,19,20,22). The van der Waals surface area contributed by atoms with Crippen molar-refractivity contribution < 1.29 is 9.53 Å². The summed E-state index contributed by atoms with van der Waals surface area (Å²) < 4.78 is 5.45. The zero-order chi connectivity index (χ0) is 15.9. The maximum absolute atomic E-state index is 11.8. The van der Waals surface area contributed by atoms with Crippen molar-refractivity contribution in [3.63, 3.8) is 0 Å². The third-order valence-corrected chi connectivity index (χ3v) is 3.36. The molecule has 0 unspecified atom stereocenters. The van der Waals surface area contributed by atoms with Gasteiger partial charge in [-0.1, -0.05) is 41.9 Å². The molecule has 0 spiro atoms. The number of nitrogens with one attached hydrogen (secondary N) is 2. The monoisotopic (exact) mass is 334 g/mol. The number of anilines is 1. The van der Waals surface area contributed by atoms with Crippen molar-refractivity contribution in [1.29, 1.82) is 0 Å². The lowest BCUT2D eigenvalue weighted by molar-refractivity contribution is -0.121. The fraction of sp³-hybridized carbons (Fsp3) is 0.125. The second kappa shape index (κ2) is 7.77. The first-order valence-corrected chi connectivity index (χ1v) is 7.38. The maximum atomic E-state index is 11.8. The molecule has 0 atom stereocenters. The van der Waals surface area contributed by atoms with Crippen LogP contribution in [0.5, 0.6) is 5.75 Å². The van der Waals surface area contributed by atoms with Crippen molar-refractivity contribution in [2.24, 2.45) is 0 Å². The number of carbonyl (C=O) groups is 1. The first-order chi connectivity index (χ1) is 10.6. The van der Waals surface area contributed by atoms with Gasteiger partial charge in [-0.15, -0.1) is 0 Å². The van der Waals surface area contributed by atoms with Crippen LogP contribution in [0.1, 0.15) is 5.56 Å². The van der Waals surface area contributed by atoms with Gasteiger partial charge in [0, 0.05) is 0 Å². The smallest absolute Gasteiger partial charge is 0.264 e. The average Bonchev–Trinajstić information content (AvgIpc) is 2.49. The van der Waals surface area contributed by atoms with E-state index in [2.05, 4.69) is 10.6 Å². The summed E-state index contributed by atoms with van der Waals surface area (Å²) in [6, 6.07) is 14.6. The summed E-state index contributed by atoms with van der Waals surface area (Å²) in [4.78, 5) is 11.8. The van der Waals surface area contributed by atoms with Gasteiger partial charge in [0.2, 0.25) is 0 Å². The summed E-state index contributed by atoms with van der Waals surface area (Å²) in [6.07, 6.45) is 0. The Morgan fingerprint density at radius 2 is 1.86 bits per heavy atom. The van der Waals surface area contributed by atoms with Crippen LogP contribution in [0.15, 0.2) is 48.5 Å². The van der Waals surface area contributed by atoms with Gasteiger partial charge in [0.05, 0.1) is 10.7 Å². The Labute approximate surface area is 139 Å². The number of aryl methyl sites for hydroxylation is 1. The number of thiocarbonyl (C=S) groups is 1. The molecule has 22 heavy (non-hydrogen) atoms. The molecule has 114 valence electrons. The van der Waals surface area contributed by atoms with Crippen molar-refractivity contribution in [2.75, 3.05) is 11.9 Å². The molecular weight excluding hydrogens is 320 g/mol. The van der Waals surface area contributed by atoms with Crippen LogP contribution in [-0.4, -0.2) is 17.6 Å². The van der Waals surface area contributed by atoms with Crippen molar-refractivity contribution in [1.82, 2.24) is 5.32 Å². The van der Waals surface area contributed by atoms with Gasteiger partial charge in [0.1, 0.15) is 5.75 Å². The average molecular weight is 335 g/mol. The third-order valence-electron chi connectivity index (χ3n) is 2.83.